The number of ether oxygens (including phenoxy) is 1. The molecule has 6 nitrogen and oxygen atoms in total. The number of carbonyl (C=O) groups excluding carboxylic acids is 1. The number of hydrogen-bond donors (Lipinski definition) is 1. The van der Waals surface area contributed by atoms with Crippen LogP contribution in [-0.4, -0.2) is 22.1 Å². The van der Waals surface area contributed by atoms with E-state index in [1.165, 1.54) is 4.57 Å². The summed E-state index contributed by atoms with van der Waals surface area (Å²) < 4.78 is 6.82. The van der Waals surface area contributed by atoms with Crippen LogP contribution >= 0.6 is 0 Å². The van der Waals surface area contributed by atoms with Gasteiger partial charge in [-0.05, 0) is 57.4 Å². The van der Waals surface area contributed by atoms with Crippen molar-refractivity contribution in [3.8, 4) is 5.75 Å². The highest BCUT2D eigenvalue weighted by atomic mass is 16.5. The molecule has 2 aromatic rings. The lowest BCUT2D eigenvalue weighted by molar-refractivity contribution is -0.116. The molecule has 1 aromatic carbocycles. The summed E-state index contributed by atoms with van der Waals surface area (Å²) >= 11 is 0. The molecule has 6 heteroatoms. The Kier molecular flexibility index (Phi) is 4.64. The smallest absolute Gasteiger partial charge is 0.257 e. The summed E-state index contributed by atoms with van der Waals surface area (Å²) in [5.41, 5.74) is 2.23. The molecule has 1 aliphatic carbocycles. The summed E-state index contributed by atoms with van der Waals surface area (Å²) in [7, 11) is 0. The molecule has 0 saturated heterocycles. The number of nitrogens with zero attached hydrogens (tertiary/aromatic N) is 2. The molecule has 126 valence electrons. The number of nitrogens with one attached hydrogen (secondary N) is 1. The monoisotopic (exact) mass is 327 g/mol. The molecule has 3 rings (SSSR count). The number of carbonyl (C=O) groups is 1. The topological polar surface area (TPSA) is 73.2 Å². The van der Waals surface area contributed by atoms with Gasteiger partial charge in [0.15, 0.2) is 0 Å². The summed E-state index contributed by atoms with van der Waals surface area (Å²) in [6.45, 7) is 4.25. The number of fused-ring (bicyclic) bond motifs is 1. The number of anilines is 1. The van der Waals surface area contributed by atoms with Crippen molar-refractivity contribution < 1.29 is 9.53 Å². The molecule has 24 heavy (non-hydrogen) atoms. The van der Waals surface area contributed by atoms with Crippen LogP contribution in [0.5, 0.6) is 5.75 Å². The van der Waals surface area contributed by atoms with E-state index in [2.05, 4.69) is 10.3 Å². The number of amides is 1. The van der Waals surface area contributed by atoms with Gasteiger partial charge in [-0.15, -0.1) is 0 Å². The van der Waals surface area contributed by atoms with E-state index in [1.807, 2.05) is 6.92 Å². The highest BCUT2D eigenvalue weighted by molar-refractivity contribution is 5.90. The van der Waals surface area contributed by atoms with Crippen molar-refractivity contribution in [2.75, 3.05) is 11.9 Å². The van der Waals surface area contributed by atoms with E-state index in [-0.39, 0.29) is 18.0 Å². The van der Waals surface area contributed by atoms with Crippen molar-refractivity contribution in [2.45, 2.75) is 39.7 Å². The average Bonchev–Trinajstić information content (AvgIpc) is 3.02. The lowest BCUT2D eigenvalue weighted by Crippen LogP contribution is -2.32. The Bertz CT molecular complexity index is 809. The number of aryl methyl sites for hydroxylation is 2. The first-order valence-electron chi connectivity index (χ1n) is 8.20. The molecule has 0 saturated carbocycles. The molecule has 0 atom stereocenters. The van der Waals surface area contributed by atoms with Gasteiger partial charge < -0.3 is 10.1 Å². The van der Waals surface area contributed by atoms with Gasteiger partial charge in [0, 0.05) is 11.3 Å². The van der Waals surface area contributed by atoms with E-state index in [0.717, 1.165) is 36.3 Å². The Morgan fingerprint density at radius 2 is 2.04 bits per heavy atom. The van der Waals surface area contributed by atoms with Gasteiger partial charge in [0.25, 0.3) is 5.56 Å². The highest BCUT2D eigenvalue weighted by Gasteiger charge is 2.20. The van der Waals surface area contributed by atoms with Crippen molar-refractivity contribution in [3.63, 3.8) is 0 Å². The van der Waals surface area contributed by atoms with Gasteiger partial charge in [0.1, 0.15) is 18.1 Å². The molecule has 0 aliphatic heterocycles. The SMILES string of the molecule is CCOc1ccc(NC(=O)Cn2c(C)nc3c(c2=O)CCC3)cc1. The first kappa shape index (κ1) is 16.2. The zero-order valence-electron chi connectivity index (χ0n) is 14.0. The van der Waals surface area contributed by atoms with Crippen LogP contribution < -0.4 is 15.6 Å². The van der Waals surface area contributed by atoms with Crippen LogP contribution in [0.3, 0.4) is 0 Å². The molecule has 0 bridgehead atoms. The van der Waals surface area contributed by atoms with Crippen LogP contribution in [0.25, 0.3) is 0 Å². The summed E-state index contributed by atoms with van der Waals surface area (Å²) in [6, 6.07) is 7.15. The Morgan fingerprint density at radius 1 is 1.29 bits per heavy atom. The van der Waals surface area contributed by atoms with E-state index < -0.39 is 0 Å². The maximum absolute atomic E-state index is 12.5. The van der Waals surface area contributed by atoms with E-state index >= 15 is 0 Å². The third-order valence-electron chi connectivity index (χ3n) is 4.13. The summed E-state index contributed by atoms with van der Waals surface area (Å²) in [5, 5.41) is 2.80. The van der Waals surface area contributed by atoms with E-state index in [0.29, 0.717) is 18.1 Å². The minimum atomic E-state index is -0.246. The average molecular weight is 327 g/mol. The van der Waals surface area contributed by atoms with Crippen molar-refractivity contribution >= 4 is 11.6 Å². The molecule has 1 amide bonds. The van der Waals surface area contributed by atoms with Crippen molar-refractivity contribution in [1.82, 2.24) is 9.55 Å². The molecule has 0 unspecified atom stereocenters. The molecule has 0 radical (unpaired) electrons. The van der Waals surface area contributed by atoms with Crippen LogP contribution in [0.15, 0.2) is 29.1 Å². The van der Waals surface area contributed by atoms with Crippen molar-refractivity contribution in [1.29, 1.82) is 0 Å². The third-order valence-corrected chi connectivity index (χ3v) is 4.13. The van der Waals surface area contributed by atoms with Crippen molar-refractivity contribution in [3.05, 3.63) is 51.7 Å². The van der Waals surface area contributed by atoms with Gasteiger partial charge in [0.05, 0.1) is 12.3 Å². The third kappa shape index (κ3) is 3.32. The fourth-order valence-corrected chi connectivity index (χ4v) is 2.98. The number of rotatable bonds is 5. The lowest BCUT2D eigenvalue weighted by atomic mass is 10.2. The second kappa shape index (κ2) is 6.86. The molecule has 1 aromatic heterocycles. The van der Waals surface area contributed by atoms with Gasteiger partial charge in [0.2, 0.25) is 5.91 Å². The number of benzene rings is 1. The Labute approximate surface area is 140 Å². The molecular weight excluding hydrogens is 306 g/mol. The molecule has 1 heterocycles. The van der Waals surface area contributed by atoms with Gasteiger partial charge >= 0.3 is 0 Å². The Balaban J connectivity index is 1.72. The van der Waals surface area contributed by atoms with Gasteiger partial charge in [-0.3, -0.25) is 14.2 Å². The van der Waals surface area contributed by atoms with E-state index in [4.69, 9.17) is 4.74 Å². The second-order valence-corrected chi connectivity index (χ2v) is 5.83. The fourth-order valence-electron chi connectivity index (χ4n) is 2.98. The van der Waals surface area contributed by atoms with E-state index in [1.54, 1.807) is 31.2 Å². The van der Waals surface area contributed by atoms with Gasteiger partial charge in [-0.25, -0.2) is 4.98 Å². The maximum Gasteiger partial charge on any atom is 0.257 e. The fraction of sp³-hybridized carbons (Fsp3) is 0.389. The first-order chi connectivity index (χ1) is 11.6. The molecule has 1 N–H and O–H groups in total. The lowest BCUT2D eigenvalue weighted by Gasteiger charge is -2.12. The van der Waals surface area contributed by atoms with Gasteiger partial charge in [-0.1, -0.05) is 0 Å². The second-order valence-electron chi connectivity index (χ2n) is 5.83. The zero-order valence-corrected chi connectivity index (χ0v) is 14.0. The normalized spacial score (nSPS) is 12.8. The molecule has 0 spiro atoms. The minimum Gasteiger partial charge on any atom is -0.494 e. The molecular formula is C18H21N3O3. The molecule has 1 aliphatic rings. The van der Waals surface area contributed by atoms with Crippen LogP contribution in [-0.2, 0) is 24.2 Å². The summed E-state index contributed by atoms with van der Waals surface area (Å²) in [5.74, 6) is 1.09. The largest absolute Gasteiger partial charge is 0.494 e. The standard InChI is InChI=1S/C18H21N3O3/c1-3-24-14-9-7-13(8-10-14)20-17(22)11-21-12(2)19-16-6-4-5-15(16)18(21)23/h7-10H,3-6,11H2,1-2H3,(H,20,22). The Hall–Kier alpha value is -2.63. The summed E-state index contributed by atoms with van der Waals surface area (Å²) in [4.78, 5) is 29.3. The van der Waals surface area contributed by atoms with Crippen molar-refractivity contribution in [2.24, 2.45) is 0 Å². The number of hydrogen-bond acceptors (Lipinski definition) is 4. The maximum atomic E-state index is 12.5. The predicted molar refractivity (Wildman–Crippen MR) is 91.5 cm³/mol. The van der Waals surface area contributed by atoms with Crippen LogP contribution in [0.4, 0.5) is 5.69 Å². The van der Waals surface area contributed by atoms with Crippen LogP contribution in [0.2, 0.25) is 0 Å². The first-order valence-corrected chi connectivity index (χ1v) is 8.20. The van der Waals surface area contributed by atoms with Gasteiger partial charge in [-0.2, -0.15) is 0 Å². The van der Waals surface area contributed by atoms with E-state index in [9.17, 15) is 9.59 Å². The van der Waals surface area contributed by atoms with Crippen LogP contribution in [0, 0.1) is 6.92 Å². The van der Waals surface area contributed by atoms with Crippen LogP contribution in [0.1, 0.15) is 30.4 Å². The zero-order chi connectivity index (χ0) is 17.1. The Morgan fingerprint density at radius 3 is 2.75 bits per heavy atom. The predicted octanol–water partition coefficient (Wildman–Crippen LogP) is 2.08. The minimum absolute atomic E-state index is 0.0296. The number of aromatic nitrogens is 2. The molecule has 0 fully saturated rings. The summed E-state index contributed by atoms with van der Waals surface area (Å²) in [6.07, 6.45) is 2.56. The quantitative estimate of drug-likeness (QED) is 0.912. The highest BCUT2D eigenvalue weighted by Crippen LogP contribution is 2.17.